The van der Waals surface area contributed by atoms with E-state index in [-0.39, 0.29) is 0 Å². The minimum atomic E-state index is 1.36. The number of hydrogen-bond acceptors (Lipinski definition) is 2. The van der Waals surface area contributed by atoms with E-state index in [2.05, 4.69) is 61.0 Å². The van der Waals surface area contributed by atoms with Gasteiger partial charge in [-0.25, -0.2) is 0 Å². The second kappa shape index (κ2) is 5.28. The molecule has 3 aromatic rings. The van der Waals surface area contributed by atoms with Crippen molar-refractivity contribution in [1.82, 2.24) is 0 Å². The van der Waals surface area contributed by atoms with Crippen LogP contribution in [-0.4, -0.2) is 0 Å². The molecule has 0 aliphatic heterocycles. The average Bonchev–Trinajstić information content (AvgIpc) is 2.86. The van der Waals surface area contributed by atoms with Crippen molar-refractivity contribution in [1.29, 1.82) is 0 Å². The Balaban J connectivity index is 0.000000138. The summed E-state index contributed by atoms with van der Waals surface area (Å²) < 4.78 is 1.39. The Labute approximate surface area is 104 Å². The quantitative estimate of drug-likeness (QED) is 0.507. The minimum absolute atomic E-state index is 1.36. The molecule has 0 nitrogen and oxygen atoms in total. The van der Waals surface area contributed by atoms with E-state index in [1.807, 2.05) is 11.3 Å². The lowest BCUT2D eigenvalue weighted by Gasteiger charge is -1.82. The van der Waals surface area contributed by atoms with Crippen LogP contribution in [0.25, 0.3) is 10.1 Å². The summed E-state index contributed by atoms with van der Waals surface area (Å²) in [6.45, 7) is 4.24. The molecule has 0 aliphatic carbocycles. The van der Waals surface area contributed by atoms with E-state index in [9.17, 15) is 0 Å². The second-order valence-corrected chi connectivity index (χ2v) is 5.76. The van der Waals surface area contributed by atoms with Crippen molar-refractivity contribution >= 4 is 32.8 Å². The Morgan fingerprint density at radius 1 is 1.00 bits per heavy atom. The molecule has 0 radical (unpaired) electrons. The summed E-state index contributed by atoms with van der Waals surface area (Å²) in [4.78, 5) is 1.39. The van der Waals surface area contributed by atoms with Gasteiger partial charge in [0.2, 0.25) is 0 Å². The Hall–Kier alpha value is -1.12. The predicted octanol–water partition coefficient (Wildman–Crippen LogP) is 5.27. The molecule has 0 saturated carbocycles. The number of fused-ring (bicyclic) bond motifs is 1. The Kier molecular flexibility index (Phi) is 3.75. The first-order chi connectivity index (χ1) is 7.75. The zero-order valence-electron chi connectivity index (χ0n) is 9.44. The maximum atomic E-state index is 2.22. The first kappa shape index (κ1) is 11.4. The number of thiophene rings is 2. The van der Waals surface area contributed by atoms with Gasteiger partial charge in [0, 0.05) is 9.58 Å². The maximum absolute atomic E-state index is 2.22. The molecule has 0 atom stereocenters. The number of benzene rings is 1. The van der Waals surface area contributed by atoms with Gasteiger partial charge >= 0.3 is 0 Å². The fraction of sp³-hybridized carbons (Fsp3) is 0.143. The highest BCUT2D eigenvalue weighted by Crippen LogP contribution is 2.23. The molecule has 3 rings (SSSR count). The Bertz CT molecular complexity index is 514. The third kappa shape index (κ3) is 2.94. The molecule has 0 amide bonds. The summed E-state index contributed by atoms with van der Waals surface area (Å²) >= 11 is 3.59. The molecule has 0 aliphatic rings. The van der Waals surface area contributed by atoms with Crippen LogP contribution in [0.4, 0.5) is 0 Å². The summed E-state index contributed by atoms with van der Waals surface area (Å²) in [5.41, 5.74) is 1.36. The van der Waals surface area contributed by atoms with Crippen LogP contribution >= 0.6 is 22.7 Å². The highest BCUT2D eigenvalue weighted by atomic mass is 32.1. The fourth-order valence-electron chi connectivity index (χ4n) is 1.45. The van der Waals surface area contributed by atoms with Crippen LogP contribution in [0.3, 0.4) is 0 Å². The SMILES string of the molecule is Cc1cc2ccccc2s1.Cc1ccsc1. The molecule has 16 heavy (non-hydrogen) atoms. The van der Waals surface area contributed by atoms with Crippen LogP contribution in [0, 0.1) is 13.8 Å². The molecule has 0 spiro atoms. The lowest BCUT2D eigenvalue weighted by atomic mass is 10.2. The smallest absolute Gasteiger partial charge is 0.0345 e. The first-order valence-electron chi connectivity index (χ1n) is 5.20. The van der Waals surface area contributed by atoms with E-state index in [4.69, 9.17) is 0 Å². The zero-order chi connectivity index (χ0) is 11.4. The van der Waals surface area contributed by atoms with Gasteiger partial charge < -0.3 is 0 Å². The highest BCUT2D eigenvalue weighted by Gasteiger charge is 1.93. The highest BCUT2D eigenvalue weighted by molar-refractivity contribution is 7.19. The van der Waals surface area contributed by atoms with Crippen LogP contribution in [0.5, 0.6) is 0 Å². The molecule has 2 heterocycles. The maximum Gasteiger partial charge on any atom is 0.0345 e. The third-order valence-corrected chi connectivity index (χ3v) is 4.04. The number of hydrogen-bond donors (Lipinski definition) is 0. The average molecular weight is 246 g/mol. The van der Waals surface area contributed by atoms with E-state index in [1.54, 1.807) is 11.3 Å². The Morgan fingerprint density at radius 2 is 1.81 bits per heavy atom. The van der Waals surface area contributed by atoms with Crippen molar-refractivity contribution in [3.63, 3.8) is 0 Å². The van der Waals surface area contributed by atoms with Gasteiger partial charge in [0.1, 0.15) is 0 Å². The van der Waals surface area contributed by atoms with Crippen LogP contribution in [-0.2, 0) is 0 Å². The lowest BCUT2D eigenvalue weighted by Crippen LogP contribution is -1.56. The van der Waals surface area contributed by atoms with Crippen LogP contribution in [0.2, 0.25) is 0 Å². The fourth-order valence-corrected chi connectivity index (χ4v) is 3.04. The summed E-state index contributed by atoms with van der Waals surface area (Å²) in [6, 6.07) is 12.8. The number of aryl methyl sites for hydroxylation is 2. The van der Waals surface area contributed by atoms with Crippen LogP contribution in [0.15, 0.2) is 47.2 Å². The van der Waals surface area contributed by atoms with Gasteiger partial charge in [0.05, 0.1) is 0 Å². The topological polar surface area (TPSA) is 0 Å². The first-order valence-corrected chi connectivity index (χ1v) is 6.95. The van der Waals surface area contributed by atoms with Gasteiger partial charge in [-0.05, 0) is 53.8 Å². The lowest BCUT2D eigenvalue weighted by molar-refractivity contribution is 1.56. The van der Waals surface area contributed by atoms with E-state index in [0.717, 1.165) is 0 Å². The van der Waals surface area contributed by atoms with Gasteiger partial charge in [-0.15, -0.1) is 11.3 Å². The standard InChI is InChI=1S/C9H8S.C5H6S/c1-7-6-8-4-2-3-5-9(8)10-7;1-5-2-3-6-4-5/h2-6H,1H3;2-4H,1H3. The molecule has 0 unspecified atom stereocenters. The molecule has 2 aromatic heterocycles. The molecular formula is C14H14S2. The van der Waals surface area contributed by atoms with Crippen molar-refractivity contribution in [3.05, 3.63) is 57.6 Å². The van der Waals surface area contributed by atoms with Crippen molar-refractivity contribution < 1.29 is 0 Å². The molecule has 0 bridgehead atoms. The second-order valence-electron chi connectivity index (χ2n) is 3.70. The molecule has 1 aromatic carbocycles. The van der Waals surface area contributed by atoms with Crippen molar-refractivity contribution in [3.8, 4) is 0 Å². The van der Waals surface area contributed by atoms with Crippen molar-refractivity contribution in [2.45, 2.75) is 13.8 Å². The monoisotopic (exact) mass is 246 g/mol. The predicted molar refractivity (Wildman–Crippen MR) is 75.6 cm³/mol. The van der Waals surface area contributed by atoms with Gasteiger partial charge in [0.25, 0.3) is 0 Å². The molecule has 82 valence electrons. The largest absolute Gasteiger partial charge is 0.152 e. The Morgan fingerprint density at radius 3 is 2.38 bits per heavy atom. The summed E-state index contributed by atoms with van der Waals surface area (Å²) in [5.74, 6) is 0. The van der Waals surface area contributed by atoms with E-state index in [1.165, 1.54) is 20.5 Å². The summed E-state index contributed by atoms with van der Waals surface area (Å²) in [6.07, 6.45) is 0. The summed E-state index contributed by atoms with van der Waals surface area (Å²) in [7, 11) is 0. The molecule has 0 fully saturated rings. The van der Waals surface area contributed by atoms with Gasteiger partial charge in [-0.3, -0.25) is 0 Å². The van der Waals surface area contributed by atoms with Gasteiger partial charge in [0.15, 0.2) is 0 Å². The van der Waals surface area contributed by atoms with Gasteiger partial charge in [-0.2, -0.15) is 11.3 Å². The van der Waals surface area contributed by atoms with Crippen molar-refractivity contribution in [2.75, 3.05) is 0 Å². The summed E-state index contributed by atoms with van der Waals surface area (Å²) in [5, 5.41) is 5.57. The van der Waals surface area contributed by atoms with Crippen LogP contribution in [0.1, 0.15) is 10.4 Å². The molecular weight excluding hydrogens is 232 g/mol. The van der Waals surface area contributed by atoms with E-state index >= 15 is 0 Å². The zero-order valence-corrected chi connectivity index (χ0v) is 11.1. The normalized spacial score (nSPS) is 9.88. The van der Waals surface area contributed by atoms with E-state index in [0.29, 0.717) is 0 Å². The van der Waals surface area contributed by atoms with Crippen molar-refractivity contribution in [2.24, 2.45) is 0 Å². The number of rotatable bonds is 0. The minimum Gasteiger partial charge on any atom is -0.152 e. The van der Waals surface area contributed by atoms with E-state index < -0.39 is 0 Å². The molecule has 2 heteroatoms. The molecule has 0 N–H and O–H groups in total. The molecule has 0 saturated heterocycles. The van der Waals surface area contributed by atoms with Crippen LogP contribution < -0.4 is 0 Å². The third-order valence-electron chi connectivity index (χ3n) is 2.21. The van der Waals surface area contributed by atoms with Gasteiger partial charge in [-0.1, -0.05) is 18.2 Å².